The van der Waals surface area contributed by atoms with Gasteiger partial charge in [-0.1, -0.05) is 13.8 Å². The van der Waals surface area contributed by atoms with E-state index >= 15 is 0 Å². The van der Waals surface area contributed by atoms with E-state index in [0.29, 0.717) is 22.9 Å². The number of rotatable bonds is 5. The van der Waals surface area contributed by atoms with Crippen molar-refractivity contribution in [2.45, 2.75) is 33.7 Å². The van der Waals surface area contributed by atoms with Crippen LogP contribution in [0.15, 0.2) is 12.3 Å². The van der Waals surface area contributed by atoms with E-state index in [9.17, 15) is 9.90 Å². The lowest BCUT2D eigenvalue weighted by molar-refractivity contribution is 0.0700. The molecular weight excluding hydrogens is 262 g/mol. The monoisotopic (exact) mass is 279 g/mol. The summed E-state index contributed by atoms with van der Waals surface area (Å²) >= 11 is 1.23. The minimum Gasteiger partial charge on any atom is -0.477 e. The summed E-state index contributed by atoms with van der Waals surface area (Å²) in [5.41, 5.74) is 1.55. The lowest BCUT2D eigenvalue weighted by Crippen LogP contribution is -2.02. The Hall–Kier alpha value is -1.69. The molecule has 0 aliphatic heterocycles. The second-order valence-electron chi connectivity index (χ2n) is 4.73. The van der Waals surface area contributed by atoms with Crippen molar-refractivity contribution in [2.75, 3.05) is 0 Å². The fourth-order valence-corrected chi connectivity index (χ4v) is 2.88. The Morgan fingerprint density at radius 1 is 1.53 bits per heavy atom. The molecule has 0 saturated heterocycles. The summed E-state index contributed by atoms with van der Waals surface area (Å²) in [5.74, 6) is -0.522. The zero-order valence-electron chi connectivity index (χ0n) is 11.3. The highest BCUT2D eigenvalue weighted by Crippen LogP contribution is 2.29. The van der Waals surface area contributed by atoms with Crippen molar-refractivity contribution < 1.29 is 9.90 Å². The topological polar surface area (TPSA) is 68.0 Å². The second-order valence-corrected chi connectivity index (χ2v) is 5.73. The van der Waals surface area contributed by atoms with Crippen molar-refractivity contribution >= 4 is 17.3 Å². The second kappa shape index (κ2) is 5.52. The molecule has 0 aromatic carbocycles. The highest BCUT2D eigenvalue weighted by atomic mass is 32.1. The summed E-state index contributed by atoms with van der Waals surface area (Å²) < 4.78 is 1.82. The van der Waals surface area contributed by atoms with E-state index in [1.54, 1.807) is 6.20 Å². The number of carboxylic acids is 1. The number of nitrogens with zero attached hydrogens (tertiary/aromatic N) is 3. The fourth-order valence-electron chi connectivity index (χ4n) is 1.92. The van der Waals surface area contributed by atoms with Gasteiger partial charge in [-0.05, 0) is 25.3 Å². The molecule has 2 rings (SSSR count). The van der Waals surface area contributed by atoms with Crippen molar-refractivity contribution in [3.05, 3.63) is 22.8 Å². The lowest BCUT2D eigenvalue weighted by atomic mass is 10.1. The van der Waals surface area contributed by atoms with Crippen LogP contribution in [0.5, 0.6) is 0 Å². The summed E-state index contributed by atoms with van der Waals surface area (Å²) in [7, 11) is 0. The van der Waals surface area contributed by atoms with E-state index < -0.39 is 5.97 Å². The summed E-state index contributed by atoms with van der Waals surface area (Å²) in [5, 5.41) is 14.2. The molecule has 0 radical (unpaired) electrons. The first-order chi connectivity index (χ1) is 9.02. The van der Waals surface area contributed by atoms with Crippen molar-refractivity contribution in [1.29, 1.82) is 0 Å². The van der Waals surface area contributed by atoms with Gasteiger partial charge >= 0.3 is 5.97 Å². The quantitative estimate of drug-likeness (QED) is 0.913. The van der Waals surface area contributed by atoms with Gasteiger partial charge in [-0.25, -0.2) is 9.78 Å². The maximum Gasteiger partial charge on any atom is 0.347 e. The van der Waals surface area contributed by atoms with Gasteiger partial charge in [0, 0.05) is 12.7 Å². The summed E-state index contributed by atoms with van der Waals surface area (Å²) in [4.78, 5) is 16.1. The number of thiazole rings is 1. The third kappa shape index (κ3) is 2.84. The SMILES string of the molecule is CCn1nccc1-c1nc(CC(C)C)c(C(=O)O)s1. The molecule has 6 heteroatoms. The van der Waals surface area contributed by atoms with Crippen molar-refractivity contribution in [3.63, 3.8) is 0 Å². The number of aromatic nitrogens is 3. The smallest absolute Gasteiger partial charge is 0.347 e. The Balaban J connectivity index is 2.45. The van der Waals surface area contributed by atoms with Gasteiger partial charge < -0.3 is 5.11 Å². The van der Waals surface area contributed by atoms with E-state index in [0.717, 1.165) is 17.2 Å². The third-order valence-electron chi connectivity index (χ3n) is 2.73. The van der Waals surface area contributed by atoms with Crippen LogP contribution in [0.1, 0.15) is 36.1 Å². The average Bonchev–Trinajstić information content (AvgIpc) is 2.93. The van der Waals surface area contributed by atoms with Crippen LogP contribution in [0.3, 0.4) is 0 Å². The first-order valence-electron chi connectivity index (χ1n) is 6.28. The number of aryl methyl sites for hydroxylation is 1. The summed E-state index contributed by atoms with van der Waals surface area (Å²) in [6, 6.07) is 1.87. The Kier molecular flexibility index (Phi) is 3.99. The molecule has 5 nitrogen and oxygen atoms in total. The van der Waals surface area contributed by atoms with Gasteiger partial charge in [-0.2, -0.15) is 5.10 Å². The third-order valence-corrected chi connectivity index (χ3v) is 3.84. The Bertz CT molecular complexity index is 586. The molecule has 1 N–H and O–H groups in total. The highest BCUT2D eigenvalue weighted by molar-refractivity contribution is 7.17. The Morgan fingerprint density at radius 3 is 2.84 bits per heavy atom. The summed E-state index contributed by atoms with van der Waals surface area (Å²) in [6.45, 7) is 6.85. The average molecular weight is 279 g/mol. The minimum absolute atomic E-state index is 0.340. The first kappa shape index (κ1) is 13.7. The zero-order chi connectivity index (χ0) is 14.0. The number of carboxylic acid groups (broad SMARTS) is 1. The minimum atomic E-state index is -0.901. The van der Waals surface area contributed by atoms with E-state index in [1.807, 2.05) is 17.7 Å². The molecule has 2 aromatic heterocycles. The molecule has 2 aromatic rings. The van der Waals surface area contributed by atoms with Gasteiger partial charge in [0.25, 0.3) is 0 Å². The number of carbonyl (C=O) groups is 1. The van der Waals surface area contributed by atoms with E-state index in [-0.39, 0.29) is 0 Å². The summed E-state index contributed by atoms with van der Waals surface area (Å²) in [6.07, 6.45) is 2.39. The molecule has 2 heterocycles. The first-order valence-corrected chi connectivity index (χ1v) is 7.09. The van der Waals surface area contributed by atoms with Crippen LogP contribution in [0.25, 0.3) is 10.7 Å². The fraction of sp³-hybridized carbons (Fsp3) is 0.462. The normalized spacial score (nSPS) is 11.2. The Labute approximate surface area is 115 Å². The van der Waals surface area contributed by atoms with Gasteiger partial charge in [0.05, 0.1) is 11.4 Å². The maximum absolute atomic E-state index is 11.3. The van der Waals surface area contributed by atoms with E-state index in [4.69, 9.17) is 0 Å². The maximum atomic E-state index is 11.3. The predicted octanol–water partition coefficient (Wildman–Crippen LogP) is 2.92. The predicted molar refractivity (Wildman–Crippen MR) is 74.5 cm³/mol. The molecule has 0 unspecified atom stereocenters. The molecule has 102 valence electrons. The number of hydrogen-bond acceptors (Lipinski definition) is 4. The van der Waals surface area contributed by atoms with Crippen LogP contribution in [0.2, 0.25) is 0 Å². The molecule has 0 spiro atoms. The van der Waals surface area contributed by atoms with Gasteiger partial charge in [0.2, 0.25) is 0 Å². The molecule has 19 heavy (non-hydrogen) atoms. The van der Waals surface area contributed by atoms with Crippen molar-refractivity contribution in [2.24, 2.45) is 5.92 Å². The molecule has 0 atom stereocenters. The molecular formula is C13H17N3O2S. The van der Waals surface area contributed by atoms with E-state index in [1.165, 1.54) is 11.3 Å². The van der Waals surface area contributed by atoms with Gasteiger partial charge in [-0.3, -0.25) is 4.68 Å². The van der Waals surface area contributed by atoms with Crippen LogP contribution >= 0.6 is 11.3 Å². The van der Waals surface area contributed by atoms with Gasteiger partial charge in [0.1, 0.15) is 9.88 Å². The van der Waals surface area contributed by atoms with Crippen LogP contribution in [-0.2, 0) is 13.0 Å². The van der Waals surface area contributed by atoms with E-state index in [2.05, 4.69) is 23.9 Å². The molecule has 0 fully saturated rings. The van der Waals surface area contributed by atoms with Crippen LogP contribution in [-0.4, -0.2) is 25.8 Å². The van der Waals surface area contributed by atoms with Crippen molar-refractivity contribution in [1.82, 2.24) is 14.8 Å². The molecule has 0 aliphatic carbocycles. The largest absolute Gasteiger partial charge is 0.477 e. The molecule has 0 amide bonds. The van der Waals surface area contributed by atoms with Gasteiger partial charge in [0.15, 0.2) is 0 Å². The molecule has 0 bridgehead atoms. The highest BCUT2D eigenvalue weighted by Gasteiger charge is 2.20. The number of hydrogen-bond donors (Lipinski definition) is 1. The molecule has 0 aliphatic rings. The van der Waals surface area contributed by atoms with Crippen LogP contribution in [0.4, 0.5) is 0 Å². The molecule has 0 saturated carbocycles. The standard InChI is InChI=1S/C13H17N3O2S/c1-4-16-10(5-6-14-16)12-15-9(7-8(2)3)11(19-12)13(17)18/h5-6,8H,4,7H2,1-3H3,(H,17,18). The van der Waals surface area contributed by atoms with Crippen LogP contribution in [0, 0.1) is 5.92 Å². The lowest BCUT2D eigenvalue weighted by Gasteiger charge is -2.02. The van der Waals surface area contributed by atoms with Gasteiger partial charge in [-0.15, -0.1) is 11.3 Å². The Morgan fingerprint density at radius 2 is 2.26 bits per heavy atom. The number of aromatic carboxylic acids is 1. The van der Waals surface area contributed by atoms with Crippen molar-refractivity contribution in [3.8, 4) is 10.7 Å². The van der Waals surface area contributed by atoms with Crippen LogP contribution < -0.4 is 0 Å². The zero-order valence-corrected chi connectivity index (χ0v) is 12.1.